The first-order valence-corrected chi connectivity index (χ1v) is 11.7. The Labute approximate surface area is 201 Å². The third-order valence-corrected chi connectivity index (χ3v) is 5.74. The highest BCUT2D eigenvalue weighted by atomic mass is 35.5. The number of hydrogen-bond acceptors (Lipinski definition) is 2. The highest BCUT2D eigenvalue weighted by Crippen LogP contribution is 2.18. The number of rotatable bonds is 10. The van der Waals surface area contributed by atoms with Crippen molar-refractivity contribution in [3.8, 4) is 0 Å². The molecule has 172 valence electrons. The number of carbonyl (C=O) groups excluding carboxylic acids is 2. The average molecular weight is 463 g/mol. The van der Waals surface area contributed by atoms with E-state index in [4.69, 9.17) is 11.6 Å². The first-order chi connectivity index (χ1) is 16.0. The van der Waals surface area contributed by atoms with Crippen LogP contribution < -0.4 is 5.32 Å². The second kappa shape index (κ2) is 12.2. The van der Waals surface area contributed by atoms with E-state index >= 15 is 0 Å². The van der Waals surface area contributed by atoms with Gasteiger partial charge in [-0.2, -0.15) is 0 Å². The van der Waals surface area contributed by atoms with Crippen LogP contribution in [0.4, 0.5) is 0 Å². The van der Waals surface area contributed by atoms with Gasteiger partial charge in [-0.15, -0.1) is 0 Å². The SMILES string of the molecule is CCCNC(=O)C(Cc1ccccc1)N(Cc1cccc(C)c1)C(=O)Cc1cccc(Cl)c1. The molecule has 0 fully saturated rings. The van der Waals surface area contributed by atoms with Crippen LogP contribution >= 0.6 is 11.6 Å². The maximum Gasteiger partial charge on any atom is 0.243 e. The van der Waals surface area contributed by atoms with Gasteiger partial charge in [-0.1, -0.05) is 90.8 Å². The van der Waals surface area contributed by atoms with Crippen molar-refractivity contribution in [1.82, 2.24) is 10.2 Å². The second-order valence-corrected chi connectivity index (χ2v) is 8.75. The van der Waals surface area contributed by atoms with Crippen molar-refractivity contribution in [3.63, 3.8) is 0 Å². The van der Waals surface area contributed by atoms with Crippen LogP contribution in [0, 0.1) is 6.92 Å². The number of halogens is 1. The lowest BCUT2D eigenvalue weighted by molar-refractivity contribution is -0.140. The minimum absolute atomic E-state index is 0.105. The predicted molar refractivity (Wildman–Crippen MR) is 134 cm³/mol. The zero-order chi connectivity index (χ0) is 23.6. The van der Waals surface area contributed by atoms with Crippen LogP contribution in [0.15, 0.2) is 78.9 Å². The van der Waals surface area contributed by atoms with Crippen molar-refractivity contribution < 1.29 is 9.59 Å². The predicted octanol–water partition coefficient (Wildman–Crippen LogP) is 5.36. The zero-order valence-corrected chi connectivity index (χ0v) is 20.0. The van der Waals surface area contributed by atoms with Gasteiger partial charge in [-0.3, -0.25) is 9.59 Å². The molecule has 2 amide bonds. The molecule has 0 radical (unpaired) electrons. The van der Waals surface area contributed by atoms with Gasteiger partial charge in [0.2, 0.25) is 11.8 Å². The quantitative estimate of drug-likeness (QED) is 0.441. The maximum atomic E-state index is 13.6. The average Bonchev–Trinajstić information content (AvgIpc) is 2.80. The fraction of sp³-hybridized carbons (Fsp3) is 0.286. The molecule has 0 bridgehead atoms. The molecule has 0 aliphatic carbocycles. The molecular weight excluding hydrogens is 432 g/mol. The third-order valence-electron chi connectivity index (χ3n) is 5.50. The van der Waals surface area contributed by atoms with Crippen LogP contribution in [0.5, 0.6) is 0 Å². The van der Waals surface area contributed by atoms with Gasteiger partial charge in [0.25, 0.3) is 0 Å². The maximum absolute atomic E-state index is 13.6. The summed E-state index contributed by atoms with van der Waals surface area (Å²) in [6.45, 7) is 4.97. The molecule has 0 aliphatic heterocycles. The largest absolute Gasteiger partial charge is 0.354 e. The minimum atomic E-state index is -0.619. The molecule has 3 aromatic carbocycles. The van der Waals surface area contributed by atoms with Crippen LogP contribution in [-0.4, -0.2) is 29.3 Å². The number of benzene rings is 3. The fourth-order valence-electron chi connectivity index (χ4n) is 3.85. The Morgan fingerprint density at radius 3 is 2.30 bits per heavy atom. The topological polar surface area (TPSA) is 49.4 Å². The van der Waals surface area contributed by atoms with E-state index in [0.29, 0.717) is 24.5 Å². The summed E-state index contributed by atoms with van der Waals surface area (Å²) in [5, 5.41) is 3.59. The van der Waals surface area contributed by atoms with E-state index in [0.717, 1.165) is 28.7 Å². The van der Waals surface area contributed by atoms with E-state index in [-0.39, 0.29) is 18.2 Å². The van der Waals surface area contributed by atoms with Crippen molar-refractivity contribution >= 4 is 23.4 Å². The second-order valence-electron chi connectivity index (χ2n) is 8.31. The van der Waals surface area contributed by atoms with Crippen LogP contribution in [0.1, 0.15) is 35.6 Å². The molecule has 1 atom stereocenters. The van der Waals surface area contributed by atoms with Gasteiger partial charge >= 0.3 is 0 Å². The molecule has 3 aromatic rings. The van der Waals surface area contributed by atoms with E-state index in [1.165, 1.54) is 0 Å². The molecular formula is C28H31ClN2O2. The Kier molecular flexibility index (Phi) is 9.08. The fourth-order valence-corrected chi connectivity index (χ4v) is 4.06. The highest BCUT2D eigenvalue weighted by molar-refractivity contribution is 6.30. The highest BCUT2D eigenvalue weighted by Gasteiger charge is 2.30. The molecule has 1 N–H and O–H groups in total. The summed E-state index contributed by atoms with van der Waals surface area (Å²) in [5.41, 5.74) is 3.95. The molecule has 4 nitrogen and oxygen atoms in total. The zero-order valence-electron chi connectivity index (χ0n) is 19.3. The van der Waals surface area contributed by atoms with Crippen molar-refractivity contribution in [1.29, 1.82) is 0 Å². The van der Waals surface area contributed by atoms with Gasteiger partial charge in [0.15, 0.2) is 0 Å². The summed E-state index contributed by atoms with van der Waals surface area (Å²) in [7, 11) is 0. The van der Waals surface area contributed by atoms with Crippen LogP contribution in [0.3, 0.4) is 0 Å². The van der Waals surface area contributed by atoms with E-state index in [1.54, 1.807) is 17.0 Å². The number of nitrogens with zero attached hydrogens (tertiary/aromatic N) is 1. The van der Waals surface area contributed by atoms with Crippen LogP contribution in [0.25, 0.3) is 0 Å². The lowest BCUT2D eigenvalue weighted by Gasteiger charge is -2.32. The summed E-state index contributed by atoms with van der Waals surface area (Å²) < 4.78 is 0. The standard InChI is InChI=1S/C28H31ClN2O2/c1-3-15-30-28(33)26(18-22-10-5-4-6-11-22)31(20-24-13-7-9-21(2)16-24)27(32)19-23-12-8-14-25(29)17-23/h4-14,16-17,26H,3,15,18-20H2,1-2H3,(H,30,33). The normalized spacial score (nSPS) is 11.6. The lowest BCUT2D eigenvalue weighted by Crippen LogP contribution is -2.51. The molecule has 0 saturated carbocycles. The summed E-state index contributed by atoms with van der Waals surface area (Å²) in [5.74, 6) is -0.237. The van der Waals surface area contributed by atoms with Crippen LogP contribution in [0.2, 0.25) is 5.02 Å². The Hall–Kier alpha value is -3.11. The summed E-state index contributed by atoms with van der Waals surface area (Å²) in [4.78, 5) is 28.6. The first kappa shape index (κ1) is 24.5. The van der Waals surface area contributed by atoms with E-state index in [1.807, 2.05) is 74.5 Å². The summed E-state index contributed by atoms with van der Waals surface area (Å²) in [6, 6.07) is 24.6. The minimum Gasteiger partial charge on any atom is -0.354 e. The van der Waals surface area contributed by atoms with Crippen molar-refractivity contribution in [2.45, 2.75) is 45.7 Å². The van der Waals surface area contributed by atoms with Crippen molar-refractivity contribution in [2.24, 2.45) is 0 Å². The Bertz CT molecular complexity index is 1070. The lowest BCUT2D eigenvalue weighted by atomic mass is 10.0. The molecule has 0 aliphatic rings. The van der Waals surface area contributed by atoms with Gasteiger partial charge in [0, 0.05) is 24.5 Å². The molecule has 0 saturated heterocycles. The van der Waals surface area contributed by atoms with E-state index in [2.05, 4.69) is 11.4 Å². The number of aryl methyl sites for hydroxylation is 1. The van der Waals surface area contributed by atoms with Gasteiger partial charge in [-0.25, -0.2) is 0 Å². The monoisotopic (exact) mass is 462 g/mol. The first-order valence-electron chi connectivity index (χ1n) is 11.4. The van der Waals surface area contributed by atoms with E-state index in [9.17, 15) is 9.59 Å². The van der Waals surface area contributed by atoms with Crippen molar-refractivity contribution in [2.75, 3.05) is 6.54 Å². The molecule has 0 aromatic heterocycles. The molecule has 33 heavy (non-hydrogen) atoms. The number of amides is 2. The number of carbonyl (C=O) groups is 2. The molecule has 0 spiro atoms. The molecule has 1 unspecified atom stereocenters. The van der Waals surface area contributed by atoms with Gasteiger partial charge in [0.05, 0.1) is 6.42 Å². The summed E-state index contributed by atoms with van der Waals surface area (Å²) in [6.07, 6.45) is 1.46. The van der Waals surface area contributed by atoms with Gasteiger partial charge in [0.1, 0.15) is 6.04 Å². The van der Waals surface area contributed by atoms with Gasteiger partial charge in [-0.05, 0) is 42.2 Å². The van der Waals surface area contributed by atoms with Gasteiger partial charge < -0.3 is 10.2 Å². The van der Waals surface area contributed by atoms with E-state index < -0.39 is 6.04 Å². The Balaban J connectivity index is 1.95. The molecule has 0 heterocycles. The smallest absolute Gasteiger partial charge is 0.243 e. The molecule has 3 rings (SSSR count). The number of hydrogen-bond donors (Lipinski definition) is 1. The Morgan fingerprint density at radius 2 is 1.61 bits per heavy atom. The number of nitrogens with one attached hydrogen (secondary N) is 1. The Morgan fingerprint density at radius 1 is 0.909 bits per heavy atom. The van der Waals surface area contributed by atoms with Crippen LogP contribution in [-0.2, 0) is 29.0 Å². The third kappa shape index (κ3) is 7.47. The van der Waals surface area contributed by atoms with Crippen molar-refractivity contribution in [3.05, 3.63) is 106 Å². The molecule has 5 heteroatoms. The summed E-state index contributed by atoms with van der Waals surface area (Å²) >= 11 is 6.14.